The van der Waals surface area contributed by atoms with Gasteiger partial charge in [-0.1, -0.05) is 5.69 Å². The Morgan fingerprint density at radius 1 is 1.14 bits per heavy atom. The van der Waals surface area contributed by atoms with E-state index in [0.29, 0.717) is 0 Å². The summed E-state index contributed by atoms with van der Waals surface area (Å²) >= 11 is 0. The molecule has 14 heavy (non-hydrogen) atoms. The predicted molar refractivity (Wildman–Crippen MR) is 54.1 cm³/mol. The summed E-state index contributed by atoms with van der Waals surface area (Å²) in [5.74, 6) is 0. The summed E-state index contributed by atoms with van der Waals surface area (Å²) < 4.78 is 5.27. The Morgan fingerprint density at radius 2 is 1.71 bits per heavy atom. The second-order valence-corrected chi connectivity index (χ2v) is 2.86. The van der Waals surface area contributed by atoms with Crippen molar-refractivity contribution in [3.05, 3.63) is 30.3 Å². The first-order valence-corrected chi connectivity index (χ1v) is 4.25. The molecule has 0 atom stereocenters. The number of rotatable bonds is 1. The normalized spacial score (nSPS) is 15.3. The number of benzene rings is 1. The molecular formula is C10H12BrMgNO. The average Bonchev–Trinajstić information content (AvgIpc) is 2.21. The van der Waals surface area contributed by atoms with Crippen LogP contribution in [0.2, 0.25) is 0 Å². The van der Waals surface area contributed by atoms with E-state index in [1.807, 2.05) is 12.1 Å². The van der Waals surface area contributed by atoms with Gasteiger partial charge in [-0.05, 0) is 0 Å². The van der Waals surface area contributed by atoms with Gasteiger partial charge in [0.1, 0.15) is 0 Å². The predicted octanol–water partition coefficient (Wildman–Crippen LogP) is -2.05. The van der Waals surface area contributed by atoms with E-state index >= 15 is 0 Å². The fraction of sp³-hybridized carbons (Fsp3) is 0.400. The molecule has 2 rings (SSSR count). The van der Waals surface area contributed by atoms with Gasteiger partial charge >= 0.3 is 23.1 Å². The van der Waals surface area contributed by atoms with Gasteiger partial charge < -0.3 is 26.6 Å². The van der Waals surface area contributed by atoms with Crippen LogP contribution in [0.4, 0.5) is 5.69 Å². The third kappa shape index (κ3) is 3.77. The molecule has 72 valence electrons. The van der Waals surface area contributed by atoms with Crippen molar-refractivity contribution >= 4 is 28.7 Å². The van der Waals surface area contributed by atoms with E-state index in [-0.39, 0.29) is 40.0 Å². The van der Waals surface area contributed by atoms with Gasteiger partial charge in [0.15, 0.2) is 0 Å². The van der Waals surface area contributed by atoms with Crippen molar-refractivity contribution in [2.75, 3.05) is 31.2 Å². The number of hydrogen-bond acceptors (Lipinski definition) is 2. The summed E-state index contributed by atoms with van der Waals surface area (Å²) in [4.78, 5) is 2.33. The van der Waals surface area contributed by atoms with Gasteiger partial charge in [-0.25, -0.2) is 0 Å². The molecule has 0 amide bonds. The molecule has 0 bridgehead atoms. The number of anilines is 1. The Morgan fingerprint density at radius 3 is 2.29 bits per heavy atom. The molecule has 0 unspecified atom stereocenters. The minimum Gasteiger partial charge on any atom is -1.00 e. The van der Waals surface area contributed by atoms with E-state index < -0.39 is 0 Å². The third-order valence-electron chi connectivity index (χ3n) is 2.08. The number of nitrogens with zero attached hydrogens (tertiary/aromatic N) is 1. The summed E-state index contributed by atoms with van der Waals surface area (Å²) in [6.07, 6.45) is 0. The number of ether oxygens (including phenoxy) is 1. The fourth-order valence-electron chi connectivity index (χ4n) is 1.41. The van der Waals surface area contributed by atoms with Gasteiger partial charge in [0.2, 0.25) is 0 Å². The van der Waals surface area contributed by atoms with E-state index in [9.17, 15) is 0 Å². The molecule has 0 saturated carbocycles. The summed E-state index contributed by atoms with van der Waals surface area (Å²) in [5, 5.41) is 0. The molecule has 2 nitrogen and oxygen atoms in total. The van der Waals surface area contributed by atoms with Gasteiger partial charge in [0.05, 0.1) is 13.2 Å². The van der Waals surface area contributed by atoms with E-state index in [0.717, 1.165) is 26.3 Å². The molecule has 1 saturated heterocycles. The molecule has 0 aliphatic carbocycles. The quantitative estimate of drug-likeness (QED) is 0.428. The number of morpholine rings is 1. The monoisotopic (exact) mass is 265 g/mol. The van der Waals surface area contributed by atoms with Crippen LogP contribution in [0.25, 0.3) is 0 Å². The van der Waals surface area contributed by atoms with Crippen molar-refractivity contribution in [2.45, 2.75) is 0 Å². The van der Waals surface area contributed by atoms with Crippen LogP contribution in [-0.4, -0.2) is 49.4 Å². The molecule has 1 fully saturated rings. The van der Waals surface area contributed by atoms with Crippen LogP contribution in [0.3, 0.4) is 0 Å². The summed E-state index contributed by atoms with van der Waals surface area (Å²) in [6, 6.07) is 11.1. The zero-order valence-corrected chi connectivity index (χ0v) is 11.1. The van der Waals surface area contributed by atoms with Crippen molar-refractivity contribution in [1.29, 1.82) is 0 Å². The van der Waals surface area contributed by atoms with Gasteiger partial charge in [-0.2, -0.15) is 18.2 Å². The van der Waals surface area contributed by atoms with Crippen LogP contribution in [0, 0.1) is 6.07 Å². The average molecular weight is 266 g/mol. The molecule has 1 aromatic rings. The van der Waals surface area contributed by atoms with Gasteiger partial charge in [0.25, 0.3) is 0 Å². The Balaban J connectivity index is 0.000000845. The molecule has 4 heteroatoms. The van der Waals surface area contributed by atoms with E-state index in [2.05, 4.69) is 23.1 Å². The number of halogens is 1. The first-order valence-electron chi connectivity index (χ1n) is 4.25. The van der Waals surface area contributed by atoms with Crippen LogP contribution < -0.4 is 21.9 Å². The van der Waals surface area contributed by atoms with E-state index in [4.69, 9.17) is 4.74 Å². The van der Waals surface area contributed by atoms with E-state index in [1.165, 1.54) is 5.69 Å². The van der Waals surface area contributed by atoms with Crippen LogP contribution in [0.15, 0.2) is 24.3 Å². The first-order chi connectivity index (χ1) is 5.97. The Labute approximate surface area is 112 Å². The van der Waals surface area contributed by atoms with E-state index in [1.54, 1.807) is 0 Å². The summed E-state index contributed by atoms with van der Waals surface area (Å²) in [6.45, 7) is 3.70. The maximum atomic E-state index is 5.27. The van der Waals surface area contributed by atoms with Crippen LogP contribution >= 0.6 is 0 Å². The van der Waals surface area contributed by atoms with Crippen molar-refractivity contribution in [3.63, 3.8) is 0 Å². The molecule has 0 spiro atoms. The maximum absolute atomic E-state index is 5.27. The molecular weight excluding hydrogens is 254 g/mol. The fourth-order valence-corrected chi connectivity index (χ4v) is 1.41. The molecule has 0 N–H and O–H groups in total. The van der Waals surface area contributed by atoms with Crippen LogP contribution in [-0.2, 0) is 4.74 Å². The molecule has 0 aromatic heterocycles. The van der Waals surface area contributed by atoms with Crippen molar-refractivity contribution in [2.24, 2.45) is 0 Å². The molecule has 1 heterocycles. The Hall–Kier alpha value is 0.226. The first kappa shape index (κ1) is 14.2. The zero-order chi connectivity index (χ0) is 8.23. The zero-order valence-electron chi connectivity index (χ0n) is 8.08. The smallest absolute Gasteiger partial charge is 1.00 e. The minimum absolute atomic E-state index is 0. The standard InChI is InChI=1S/C10H12NO.BrH.Mg/c1-2-4-10(5-3-1)11-6-8-12-9-7-11;;/h2-5H,6-9H2;1H;/q-1;;+2/p-1. The van der Waals surface area contributed by atoms with Crippen LogP contribution in [0.5, 0.6) is 0 Å². The largest absolute Gasteiger partial charge is 2.00 e. The molecule has 1 aromatic carbocycles. The van der Waals surface area contributed by atoms with Gasteiger partial charge in [-0.3, -0.25) is 0 Å². The van der Waals surface area contributed by atoms with Gasteiger partial charge in [0, 0.05) is 13.1 Å². The Bertz CT molecular complexity index is 239. The molecule has 0 radical (unpaired) electrons. The van der Waals surface area contributed by atoms with Crippen molar-refractivity contribution in [1.82, 2.24) is 0 Å². The Kier molecular flexibility index (Phi) is 7.63. The topological polar surface area (TPSA) is 12.5 Å². The van der Waals surface area contributed by atoms with Crippen LogP contribution in [0.1, 0.15) is 0 Å². The summed E-state index contributed by atoms with van der Waals surface area (Å²) in [5.41, 5.74) is 1.28. The van der Waals surface area contributed by atoms with Gasteiger partial charge in [-0.15, -0.1) is 12.1 Å². The van der Waals surface area contributed by atoms with Crippen molar-refractivity contribution < 1.29 is 21.7 Å². The minimum atomic E-state index is 0. The second kappa shape index (κ2) is 7.51. The van der Waals surface area contributed by atoms with Crippen molar-refractivity contribution in [3.8, 4) is 0 Å². The summed E-state index contributed by atoms with van der Waals surface area (Å²) in [7, 11) is 0. The number of hydrogen-bond donors (Lipinski definition) is 0. The maximum Gasteiger partial charge on any atom is 2.00 e. The third-order valence-corrected chi connectivity index (χ3v) is 2.08. The molecule has 1 aliphatic rings. The molecule has 1 aliphatic heterocycles. The second-order valence-electron chi connectivity index (χ2n) is 2.86. The SMILES string of the molecule is [Br-].[Mg+2].[c-]1ccc(N2CCOCC2)cc1.